The molecule has 3 aliphatic rings. The van der Waals surface area contributed by atoms with Gasteiger partial charge in [0.2, 0.25) is 5.91 Å². The highest BCUT2D eigenvalue weighted by atomic mass is 19.1. The Morgan fingerprint density at radius 3 is 2.70 bits per heavy atom. The van der Waals surface area contributed by atoms with Gasteiger partial charge in [0.1, 0.15) is 18.2 Å². The minimum atomic E-state index is -0.505. The van der Waals surface area contributed by atoms with Crippen LogP contribution in [0.1, 0.15) is 38.2 Å². The number of fused-ring (bicyclic) bond motifs is 3. The second-order valence-electron chi connectivity index (χ2n) is 7.39. The van der Waals surface area contributed by atoms with Gasteiger partial charge in [0.05, 0.1) is 12.1 Å². The standard InChI is InChI=1S/C19H24FN5O2/c1-12-22-23-18-19(27)24(15-4-2-3-5-16(15)25(12)18)11-17(26)21-10-13-6-8-14(20)9-7-13/h6-9,15-16,18,23H,2-5,10-11H2,1H3,(H,21,26). The Morgan fingerprint density at radius 2 is 1.96 bits per heavy atom. The zero-order valence-electron chi connectivity index (χ0n) is 15.3. The maximum atomic E-state index is 13.0. The van der Waals surface area contributed by atoms with Gasteiger partial charge in [0.15, 0.2) is 6.17 Å². The normalized spacial score (nSPS) is 26.8. The van der Waals surface area contributed by atoms with Crippen LogP contribution in [-0.4, -0.2) is 52.2 Å². The third-order valence-electron chi connectivity index (χ3n) is 5.69. The lowest BCUT2D eigenvalue weighted by molar-refractivity contribution is -0.152. The van der Waals surface area contributed by atoms with Crippen molar-refractivity contribution in [3.05, 3.63) is 35.6 Å². The number of carbonyl (C=O) groups is 2. The van der Waals surface area contributed by atoms with Crippen LogP contribution in [0.5, 0.6) is 0 Å². The van der Waals surface area contributed by atoms with Crippen molar-refractivity contribution >= 4 is 17.6 Å². The first-order chi connectivity index (χ1) is 13.0. The third-order valence-corrected chi connectivity index (χ3v) is 5.69. The number of piperazine rings is 1. The molecule has 0 aromatic heterocycles. The van der Waals surface area contributed by atoms with Crippen molar-refractivity contribution in [2.45, 2.75) is 57.4 Å². The molecule has 7 nitrogen and oxygen atoms in total. The number of amidine groups is 1. The summed E-state index contributed by atoms with van der Waals surface area (Å²) in [5.74, 6) is 0.223. The molecule has 8 heteroatoms. The van der Waals surface area contributed by atoms with E-state index in [1.807, 2.05) is 6.92 Å². The fourth-order valence-corrected chi connectivity index (χ4v) is 4.38. The summed E-state index contributed by atoms with van der Waals surface area (Å²) < 4.78 is 13.0. The number of hydrogen-bond acceptors (Lipinski definition) is 5. The summed E-state index contributed by atoms with van der Waals surface area (Å²) in [6.45, 7) is 2.26. The van der Waals surface area contributed by atoms with Gasteiger partial charge >= 0.3 is 0 Å². The highest BCUT2D eigenvalue weighted by Gasteiger charge is 2.50. The van der Waals surface area contributed by atoms with Gasteiger partial charge in [-0.25, -0.2) is 4.39 Å². The van der Waals surface area contributed by atoms with E-state index in [1.54, 1.807) is 17.0 Å². The van der Waals surface area contributed by atoms with Gasteiger partial charge in [-0.05, 0) is 37.5 Å². The summed E-state index contributed by atoms with van der Waals surface area (Å²) in [6.07, 6.45) is 3.57. The number of nitrogens with zero attached hydrogens (tertiary/aromatic N) is 3. The molecule has 2 amide bonds. The molecule has 1 saturated carbocycles. The van der Waals surface area contributed by atoms with Crippen LogP contribution >= 0.6 is 0 Å². The predicted molar refractivity (Wildman–Crippen MR) is 97.9 cm³/mol. The van der Waals surface area contributed by atoms with E-state index in [-0.39, 0.29) is 36.3 Å². The predicted octanol–water partition coefficient (Wildman–Crippen LogP) is 1.16. The lowest BCUT2D eigenvalue weighted by atomic mass is 9.85. The SMILES string of the molecule is CC1=NNC2C(=O)N(CC(=O)NCc3ccc(F)cc3)C3CCCCC3N12. The Bertz CT molecular complexity index is 766. The Balaban J connectivity index is 1.43. The van der Waals surface area contributed by atoms with Crippen LogP contribution < -0.4 is 10.7 Å². The molecular weight excluding hydrogens is 349 g/mol. The third kappa shape index (κ3) is 3.36. The number of hydrogen-bond donors (Lipinski definition) is 2. The highest BCUT2D eigenvalue weighted by Crippen LogP contribution is 2.34. The number of carbonyl (C=O) groups excluding carboxylic acids is 2. The average molecular weight is 373 g/mol. The maximum absolute atomic E-state index is 13.0. The minimum absolute atomic E-state index is 0.0316. The van der Waals surface area contributed by atoms with Gasteiger partial charge < -0.3 is 15.1 Å². The number of amides is 2. The summed E-state index contributed by atoms with van der Waals surface area (Å²) >= 11 is 0. The van der Waals surface area contributed by atoms with E-state index < -0.39 is 6.17 Å². The summed E-state index contributed by atoms with van der Waals surface area (Å²) in [6, 6.07) is 6.24. The van der Waals surface area contributed by atoms with Crippen molar-refractivity contribution in [3.8, 4) is 0 Å². The largest absolute Gasteiger partial charge is 0.350 e. The van der Waals surface area contributed by atoms with Crippen molar-refractivity contribution < 1.29 is 14.0 Å². The smallest absolute Gasteiger partial charge is 0.268 e. The zero-order chi connectivity index (χ0) is 19.0. The average Bonchev–Trinajstić information content (AvgIpc) is 3.07. The van der Waals surface area contributed by atoms with E-state index in [0.717, 1.165) is 37.1 Å². The molecule has 4 rings (SSSR count). The van der Waals surface area contributed by atoms with Crippen LogP contribution in [-0.2, 0) is 16.1 Å². The quantitative estimate of drug-likeness (QED) is 0.830. The first-order valence-electron chi connectivity index (χ1n) is 9.44. The van der Waals surface area contributed by atoms with Crippen LogP contribution in [0.25, 0.3) is 0 Å². The van der Waals surface area contributed by atoms with Gasteiger partial charge in [0, 0.05) is 6.54 Å². The van der Waals surface area contributed by atoms with Gasteiger partial charge in [-0.2, -0.15) is 5.10 Å². The van der Waals surface area contributed by atoms with E-state index in [0.29, 0.717) is 6.54 Å². The first-order valence-corrected chi connectivity index (χ1v) is 9.44. The molecule has 0 radical (unpaired) electrons. The van der Waals surface area contributed by atoms with Crippen LogP contribution in [0.3, 0.4) is 0 Å². The number of rotatable bonds is 4. The van der Waals surface area contributed by atoms with E-state index in [4.69, 9.17) is 0 Å². The Labute approximate surface area is 157 Å². The van der Waals surface area contributed by atoms with Crippen molar-refractivity contribution in [2.75, 3.05) is 6.54 Å². The van der Waals surface area contributed by atoms with Gasteiger partial charge in [0.25, 0.3) is 5.91 Å². The van der Waals surface area contributed by atoms with Crippen molar-refractivity contribution in [2.24, 2.45) is 5.10 Å². The highest BCUT2D eigenvalue weighted by molar-refractivity contribution is 5.94. The van der Waals surface area contributed by atoms with E-state index >= 15 is 0 Å². The molecule has 0 bridgehead atoms. The Morgan fingerprint density at radius 1 is 1.26 bits per heavy atom. The Kier molecular flexibility index (Phi) is 4.72. The molecular formula is C19H24FN5O2. The summed E-state index contributed by atoms with van der Waals surface area (Å²) in [4.78, 5) is 29.3. The number of nitrogens with one attached hydrogen (secondary N) is 2. The van der Waals surface area contributed by atoms with Crippen LogP contribution in [0.4, 0.5) is 4.39 Å². The second-order valence-corrected chi connectivity index (χ2v) is 7.39. The topological polar surface area (TPSA) is 77.0 Å². The van der Waals surface area contributed by atoms with E-state index in [2.05, 4.69) is 20.7 Å². The van der Waals surface area contributed by atoms with Gasteiger partial charge in [-0.3, -0.25) is 15.0 Å². The summed E-state index contributed by atoms with van der Waals surface area (Å²) in [5.41, 5.74) is 3.73. The summed E-state index contributed by atoms with van der Waals surface area (Å²) in [5, 5.41) is 7.07. The fraction of sp³-hybridized carbons (Fsp3) is 0.526. The molecule has 2 fully saturated rings. The molecule has 144 valence electrons. The van der Waals surface area contributed by atoms with Crippen LogP contribution in [0.2, 0.25) is 0 Å². The molecule has 1 aliphatic carbocycles. The monoisotopic (exact) mass is 373 g/mol. The molecule has 3 atom stereocenters. The molecule has 2 N–H and O–H groups in total. The molecule has 0 spiro atoms. The lowest BCUT2D eigenvalue weighted by Gasteiger charge is -2.50. The molecule has 27 heavy (non-hydrogen) atoms. The summed E-state index contributed by atoms with van der Waals surface area (Å²) in [7, 11) is 0. The fourth-order valence-electron chi connectivity index (χ4n) is 4.38. The van der Waals surface area contributed by atoms with Gasteiger partial charge in [-0.1, -0.05) is 25.0 Å². The van der Waals surface area contributed by atoms with Crippen molar-refractivity contribution in [1.29, 1.82) is 0 Å². The lowest BCUT2D eigenvalue weighted by Crippen LogP contribution is -2.69. The molecule has 3 unspecified atom stereocenters. The molecule has 1 saturated heterocycles. The number of halogens is 1. The number of hydrazone groups is 1. The molecule has 2 heterocycles. The van der Waals surface area contributed by atoms with Crippen LogP contribution in [0.15, 0.2) is 29.4 Å². The molecule has 1 aromatic carbocycles. The second kappa shape index (κ2) is 7.17. The van der Waals surface area contributed by atoms with Crippen molar-refractivity contribution in [3.63, 3.8) is 0 Å². The van der Waals surface area contributed by atoms with Gasteiger partial charge in [-0.15, -0.1) is 0 Å². The Hall–Kier alpha value is -2.64. The van der Waals surface area contributed by atoms with E-state index in [9.17, 15) is 14.0 Å². The maximum Gasteiger partial charge on any atom is 0.268 e. The number of benzene rings is 1. The molecule has 2 aliphatic heterocycles. The van der Waals surface area contributed by atoms with Crippen LogP contribution in [0, 0.1) is 5.82 Å². The minimum Gasteiger partial charge on any atom is -0.350 e. The van der Waals surface area contributed by atoms with E-state index in [1.165, 1.54) is 12.1 Å². The molecule has 1 aromatic rings. The van der Waals surface area contributed by atoms with Crippen molar-refractivity contribution in [1.82, 2.24) is 20.5 Å². The first kappa shape index (κ1) is 17.8. The zero-order valence-corrected chi connectivity index (χ0v) is 15.3.